The van der Waals surface area contributed by atoms with E-state index in [0.29, 0.717) is 24.8 Å². The molecule has 0 saturated carbocycles. The second-order valence-corrected chi connectivity index (χ2v) is 7.88. The molecule has 0 bridgehead atoms. The monoisotopic (exact) mass is 399 g/mol. The quantitative estimate of drug-likeness (QED) is 0.346. The summed E-state index contributed by atoms with van der Waals surface area (Å²) < 4.78 is 8.05. The maximum Gasteiger partial charge on any atom is 0.342 e. The van der Waals surface area contributed by atoms with E-state index in [4.69, 9.17) is 27.9 Å². The lowest BCUT2D eigenvalue weighted by Crippen LogP contribution is -2.43. The summed E-state index contributed by atoms with van der Waals surface area (Å²) in [6, 6.07) is 10.8. The van der Waals surface area contributed by atoms with E-state index < -0.39 is 27.6 Å². The Morgan fingerprint density at radius 3 is 2.35 bits per heavy atom. The van der Waals surface area contributed by atoms with Gasteiger partial charge in [0.15, 0.2) is 0 Å². The van der Waals surface area contributed by atoms with Crippen molar-refractivity contribution in [1.29, 1.82) is 5.26 Å². The topological polar surface area (TPSA) is 76.4 Å². The molecule has 0 aromatic heterocycles. The lowest BCUT2D eigenvalue weighted by molar-refractivity contribution is -0.143. The smallest absolute Gasteiger partial charge is 0.342 e. The number of hydrogen-bond donors (Lipinski definition) is 0. The Morgan fingerprint density at radius 2 is 1.81 bits per heavy atom. The number of benzene rings is 1. The van der Waals surface area contributed by atoms with Crippen molar-refractivity contribution in [2.75, 3.05) is 13.7 Å². The Morgan fingerprint density at radius 1 is 1.19 bits per heavy atom. The number of unbranched alkanes of at least 4 members (excludes halogenated alkanes) is 1. The molecule has 0 spiro atoms. The van der Waals surface area contributed by atoms with Crippen LogP contribution >= 0.6 is 23.2 Å². The van der Waals surface area contributed by atoms with Crippen LogP contribution in [0.3, 0.4) is 0 Å². The van der Waals surface area contributed by atoms with Crippen molar-refractivity contribution < 1.29 is 19.1 Å². The first-order valence-corrected chi connectivity index (χ1v) is 9.02. The molecular formula is C19H23Cl2NO4. The van der Waals surface area contributed by atoms with Crippen molar-refractivity contribution in [3.8, 4) is 6.07 Å². The molecule has 0 fully saturated rings. The standard InChI is InChI=1S/C19H23Cl2NO4/c1-18(2,13-22)15(19(20,21)17(24)25-3)11-7-8-12-26-16(23)14-9-5-4-6-10-14/h4-6,9-10,15H,7-8,11-12H2,1-3H3. The number of nitrogens with zero attached hydrogens (tertiary/aromatic N) is 1. The van der Waals surface area contributed by atoms with Gasteiger partial charge in [-0.05, 0) is 45.2 Å². The number of methoxy groups -OCH3 is 1. The van der Waals surface area contributed by atoms with E-state index in [9.17, 15) is 14.9 Å². The molecule has 0 heterocycles. The van der Waals surface area contributed by atoms with Crippen molar-refractivity contribution in [2.45, 2.75) is 37.4 Å². The molecule has 1 unspecified atom stereocenters. The molecule has 26 heavy (non-hydrogen) atoms. The van der Waals surface area contributed by atoms with Crippen LogP contribution in [0.2, 0.25) is 0 Å². The molecule has 0 aliphatic heterocycles. The maximum absolute atomic E-state index is 11.9. The number of nitriles is 1. The highest BCUT2D eigenvalue weighted by Crippen LogP contribution is 2.45. The molecule has 1 aromatic rings. The molecule has 5 nitrogen and oxygen atoms in total. The van der Waals surface area contributed by atoms with E-state index in [1.165, 1.54) is 7.11 Å². The Kier molecular flexibility index (Phi) is 8.39. The molecule has 0 saturated heterocycles. The highest BCUT2D eigenvalue weighted by molar-refractivity contribution is 6.57. The summed E-state index contributed by atoms with van der Waals surface area (Å²) in [5.74, 6) is -1.82. The van der Waals surface area contributed by atoms with Crippen LogP contribution in [-0.4, -0.2) is 30.0 Å². The first-order chi connectivity index (χ1) is 12.2. The van der Waals surface area contributed by atoms with Gasteiger partial charge in [0.1, 0.15) is 0 Å². The second-order valence-electron chi connectivity index (χ2n) is 6.50. The number of carbonyl (C=O) groups is 2. The van der Waals surface area contributed by atoms with Gasteiger partial charge in [0.05, 0.1) is 30.8 Å². The van der Waals surface area contributed by atoms with Crippen LogP contribution in [0, 0.1) is 22.7 Å². The molecule has 1 atom stereocenters. The van der Waals surface area contributed by atoms with Crippen LogP contribution in [0.15, 0.2) is 30.3 Å². The van der Waals surface area contributed by atoms with Crippen LogP contribution in [0.25, 0.3) is 0 Å². The summed E-state index contributed by atoms with van der Waals surface area (Å²) in [6.07, 6.45) is 1.54. The maximum atomic E-state index is 11.9. The molecule has 0 N–H and O–H groups in total. The SMILES string of the molecule is COC(=O)C(Cl)(Cl)C(CCCCOC(=O)c1ccccc1)C(C)(C)C#N. The zero-order chi connectivity index (χ0) is 19.8. The third-order valence-electron chi connectivity index (χ3n) is 4.18. The van der Waals surface area contributed by atoms with Crippen molar-refractivity contribution in [1.82, 2.24) is 0 Å². The second kappa shape index (κ2) is 9.80. The first kappa shape index (κ1) is 22.3. The van der Waals surface area contributed by atoms with Gasteiger partial charge in [-0.25, -0.2) is 9.59 Å². The normalized spacial score (nSPS) is 12.8. The van der Waals surface area contributed by atoms with Crippen LogP contribution in [0.5, 0.6) is 0 Å². The van der Waals surface area contributed by atoms with Gasteiger partial charge < -0.3 is 9.47 Å². The van der Waals surface area contributed by atoms with Crippen LogP contribution in [-0.2, 0) is 14.3 Å². The molecule has 1 aromatic carbocycles. The van der Waals surface area contributed by atoms with E-state index in [1.54, 1.807) is 38.1 Å². The summed E-state index contributed by atoms with van der Waals surface area (Å²) in [4.78, 5) is 23.8. The number of hydrogen-bond acceptors (Lipinski definition) is 5. The van der Waals surface area contributed by atoms with Crippen LogP contribution in [0.4, 0.5) is 0 Å². The first-order valence-electron chi connectivity index (χ1n) is 8.26. The lowest BCUT2D eigenvalue weighted by Gasteiger charge is -2.35. The van der Waals surface area contributed by atoms with Crippen molar-refractivity contribution in [3.05, 3.63) is 35.9 Å². The predicted octanol–water partition coefficient (Wildman–Crippen LogP) is 4.53. The Labute approximate surface area is 164 Å². The lowest BCUT2D eigenvalue weighted by atomic mass is 9.75. The Balaban J connectivity index is 2.59. The summed E-state index contributed by atoms with van der Waals surface area (Å²) in [5, 5.41) is 9.40. The molecule has 7 heteroatoms. The van der Waals surface area contributed by atoms with Crippen molar-refractivity contribution in [2.24, 2.45) is 11.3 Å². The van der Waals surface area contributed by atoms with E-state index >= 15 is 0 Å². The van der Waals surface area contributed by atoms with Gasteiger partial charge >= 0.3 is 11.9 Å². The van der Waals surface area contributed by atoms with Gasteiger partial charge in [-0.2, -0.15) is 5.26 Å². The number of ether oxygens (including phenoxy) is 2. The molecule has 0 amide bonds. The van der Waals surface area contributed by atoms with E-state index in [0.717, 1.165) is 0 Å². The highest BCUT2D eigenvalue weighted by Gasteiger charge is 2.50. The summed E-state index contributed by atoms with van der Waals surface area (Å²) >= 11 is 12.4. The molecule has 0 aliphatic carbocycles. The van der Waals surface area contributed by atoms with Crippen molar-refractivity contribution >= 4 is 35.1 Å². The van der Waals surface area contributed by atoms with Crippen molar-refractivity contribution in [3.63, 3.8) is 0 Å². The molecule has 0 radical (unpaired) electrons. The molecular weight excluding hydrogens is 377 g/mol. The number of carbonyl (C=O) groups excluding carboxylic acids is 2. The summed E-state index contributed by atoms with van der Waals surface area (Å²) in [6.45, 7) is 3.58. The van der Waals surface area contributed by atoms with Gasteiger partial charge in [0.2, 0.25) is 4.33 Å². The number of alkyl halides is 2. The average molecular weight is 400 g/mol. The fourth-order valence-electron chi connectivity index (χ4n) is 2.62. The zero-order valence-corrected chi connectivity index (χ0v) is 16.6. The van der Waals surface area contributed by atoms with E-state index in [-0.39, 0.29) is 6.61 Å². The Bertz CT molecular complexity index is 653. The molecule has 142 valence electrons. The number of rotatable bonds is 9. The minimum absolute atomic E-state index is 0.225. The van der Waals surface area contributed by atoms with E-state index in [1.807, 2.05) is 6.07 Å². The van der Waals surface area contributed by atoms with Crippen LogP contribution < -0.4 is 0 Å². The van der Waals surface area contributed by atoms with Gasteiger partial charge in [-0.3, -0.25) is 0 Å². The van der Waals surface area contributed by atoms with Gasteiger partial charge in [-0.1, -0.05) is 41.4 Å². The molecule has 1 rings (SSSR count). The fraction of sp³-hybridized carbons (Fsp3) is 0.526. The summed E-state index contributed by atoms with van der Waals surface area (Å²) in [5.41, 5.74) is -0.444. The van der Waals surface area contributed by atoms with Crippen LogP contribution in [0.1, 0.15) is 43.5 Å². The third kappa shape index (κ3) is 5.89. The highest BCUT2D eigenvalue weighted by atomic mass is 35.5. The number of halogens is 2. The minimum atomic E-state index is -1.82. The Hall–Kier alpha value is -1.77. The summed E-state index contributed by atoms with van der Waals surface area (Å²) in [7, 11) is 1.20. The van der Waals surface area contributed by atoms with E-state index in [2.05, 4.69) is 10.8 Å². The van der Waals surface area contributed by atoms with Gasteiger partial charge in [0.25, 0.3) is 0 Å². The third-order valence-corrected chi connectivity index (χ3v) is 5.02. The van der Waals surface area contributed by atoms with Gasteiger partial charge in [-0.15, -0.1) is 0 Å². The minimum Gasteiger partial charge on any atom is -0.467 e. The molecule has 0 aliphatic rings. The fourth-order valence-corrected chi connectivity index (χ4v) is 3.54. The number of esters is 2. The van der Waals surface area contributed by atoms with Gasteiger partial charge in [0, 0.05) is 5.92 Å². The zero-order valence-electron chi connectivity index (χ0n) is 15.1. The predicted molar refractivity (Wildman–Crippen MR) is 99.9 cm³/mol. The largest absolute Gasteiger partial charge is 0.467 e. The average Bonchev–Trinajstić information content (AvgIpc) is 2.63.